The van der Waals surface area contributed by atoms with Gasteiger partial charge in [0.05, 0.1) is 23.6 Å². The van der Waals surface area contributed by atoms with Gasteiger partial charge in [0.2, 0.25) is 5.91 Å². The molecule has 6 heteroatoms. The van der Waals surface area contributed by atoms with Crippen LogP contribution in [-0.2, 0) is 30.8 Å². The van der Waals surface area contributed by atoms with Crippen molar-refractivity contribution in [3.05, 3.63) is 82.9 Å². The van der Waals surface area contributed by atoms with E-state index in [1.807, 2.05) is 15.6 Å². The van der Waals surface area contributed by atoms with Gasteiger partial charge in [-0.1, -0.05) is 49.6 Å². The van der Waals surface area contributed by atoms with Crippen LogP contribution in [0.15, 0.2) is 54.6 Å². The van der Waals surface area contributed by atoms with Gasteiger partial charge in [-0.05, 0) is 56.5 Å². The summed E-state index contributed by atoms with van der Waals surface area (Å²) in [7, 11) is 0. The molecule has 0 saturated heterocycles. The van der Waals surface area contributed by atoms with Crippen molar-refractivity contribution in [1.29, 1.82) is 0 Å². The lowest BCUT2D eigenvalue weighted by molar-refractivity contribution is -0.139. The van der Waals surface area contributed by atoms with Gasteiger partial charge in [0.25, 0.3) is 0 Å². The van der Waals surface area contributed by atoms with Gasteiger partial charge in [-0.2, -0.15) is 5.10 Å². The first-order valence-corrected chi connectivity index (χ1v) is 13.4. The monoisotopic (exact) mass is 488 g/mol. The van der Waals surface area contributed by atoms with E-state index in [4.69, 9.17) is 5.10 Å². The zero-order valence-corrected chi connectivity index (χ0v) is 21.5. The van der Waals surface area contributed by atoms with Crippen molar-refractivity contribution in [1.82, 2.24) is 19.6 Å². The highest BCUT2D eigenvalue weighted by atomic mass is 19.1. The molecular weight excluding hydrogens is 451 g/mol. The molecule has 0 spiro atoms. The van der Waals surface area contributed by atoms with E-state index in [0.717, 1.165) is 63.1 Å². The fraction of sp³-hybridized carbons (Fsp3) is 0.467. The second-order valence-electron chi connectivity index (χ2n) is 10.6. The number of aromatic nitrogens is 2. The van der Waals surface area contributed by atoms with Gasteiger partial charge in [-0.15, -0.1) is 0 Å². The topological polar surface area (TPSA) is 41.4 Å². The van der Waals surface area contributed by atoms with Gasteiger partial charge < -0.3 is 4.90 Å². The van der Waals surface area contributed by atoms with Crippen molar-refractivity contribution in [3.8, 4) is 5.69 Å². The van der Waals surface area contributed by atoms with Gasteiger partial charge in [0.15, 0.2) is 0 Å². The van der Waals surface area contributed by atoms with E-state index in [-0.39, 0.29) is 23.7 Å². The summed E-state index contributed by atoms with van der Waals surface area (Å²) in [6.07, 6.45) is 6.38. The summed E-state index contributed by atoms with van der Waals surface area (Å²) in [5.74, 6) is 0.149. The zero-order chi connectivity index (χ0) is 25.1. The van der Waals surface area contributed by atoms with Crippen LogP contribution < -0.4 is 0 Å². The van der Waals surface area contributed by atoms with Crippen LogP contribution in [0.5, 0.6) is 0 Å². The molecule has 0 bridgehead atoms. The third-order valence-corrected chi connectivity index (χ3v) is 7.72. The maximum absolute atomic E-state index is 13.7. The van der Waals surface area contributed by atoms with Gasteiger partial charge in [-0.25, -0.2) is 9.07 Å². The van der Waals surface area contributed by atoms with Gasteiger partial charge in [0, 0.05) is 43.6 Å². The average molecular weight is 489 g/mol. The highest BCUT2D eigenvalue weighted by Crippen LogP contribution is 2.30. The number of hydrogen-bond acceptors (Lipinski definition) is 3. The summed E-state index contributed by atoms with van der Waals surface area (Å²) >= 11 is 0. The minimum Gasteiger partial charge on any atom is -0.334 e. The largest absolute Gasteiger partial charge is 0.334 e. The molecule has 0 radical (unpaired) electrons. The summed E-state index contributed by atoms with van der Waals surface area (Å²) in [5, 5.41) is 5.06. The van der Waals surface area contributed by atoms with Crippen LogP contribution in [0.4, 0.5) is 4.39 Å². The molecule has 3 aromatic rings. The van der Waals surface area contributed by atoms with Gasteiger partial charge >= 0.3 is 0 Å². The number of nitrogens with zero attached hydrogens (tertiary/aromatic N) is 4. The third-order valence-electron chi connectivity index (χ3n) is 7.72. The predicted octanol–water partition coefficient (Wildman–Crippen LogP) is 5.89. The molecule has 1 aromatic heterocycles. The summed E-state index contributed by atoms with van der Waals surface area (Å²) in [6.45, 7) is 7.34. The molecule has 2 heterocycles. The first-order chi connectivity index (χ1) is 17.5. The van der Waals surface area contributed by atoms with Crippen LogP contribution in [0.3, 0.4) is 0 Å². The second kappa shape index (κ2) is 11.0. The van der Waals surface area contributed by atoms with Crippen molar-refractivity contribution in [3.63, 3.8) is 0 Å². The molecular formula is C30H37FN4O. The summed E-state index contributed by atoms with van der Waals surface area (Å²) in [6, 6.07) is 17.2. The molecule has 0 N–H and O–H groups in total. The van der Waals surface area contributed by atoms with E-state index in [0.29, 0.717) is 6.54 Å². The molecule has 1 saturated carbocycles. The summed E-state index contributed by atoms with van der Waals surface area (Å²) in [4.78, 5) is 18.1. The minimum atomic E-state index is -0.252. The van der Waals surface area contributed by atoms with E-state index >= 15 is 0 Å². The number of fused-ring (bicyclic) bond motifs is 1. The number of amides is 1. The molecule has 5 rings (SSSR count). The van der Waals surface area contributed by atoms with E-state index < -0.39 is 0 Å². The molecule has 1 fully saturated rings. The molecule has 1 amide bonds. The SMILES string of the molecule is CC(C)N(Cc1nn(-c2ccc(F)cc2)c2c1CN(Cc1ccccc1)CC2)C(=O)C1CCCCC1. The van der Waals surface area contributed by atoms with Crippen LogP contribution in [0.2, 0.25) is 0 Å². The Labute approximate surface area is 213 Å². The first-order valence-electron chi connectivity index (χ1n) is 13.4. The molecule has 5 nitrogen and oxygen atoms in total. The Hall–Kier alpha value is -2.99. The number of carbonyl (C=O) groups excluding carboxylic acids is 1. The van der Waals surface area contributed by atoms with E-state index in [2.05, 4.69) is 43.0 Å². The van der Waals surface area contributed by atoms with Crippen molar-refractivity contribution in [2.24, 2.45) is 5.92 Å². The molecule has 1 aliphatic heterocycles. The number of benzene rings is 2. The maximum Gasteiger partial charge on any atom is 0.226 e. The standard InChI is InChI=1S/C30H37FN4O/c1-22(2)34(30(36)24-11-7-4-8-12-24)21-28-27-20-33(19-23-9-5-3-6-10-23)18-17-29(27)35(32-28)26-15-13-25(31)14-16-26/h3,5-6,9-10,13-16,22,24H,4,7-8,11-12,17-21H2,1-2H3. The normalized spacial score (nSPS) is 16.8. The first kappa shape index (κ1) is 24.7. The van der Waals surface area contributed by atoms with E-state index in [1.165, 1.54) is 35.4 Å². The lowest BCUT2D eigenvalue weighted by Gasteiger charge is -2.33. The number of halogens is 1. The van der Waals surface area contributed by atoms with Crippen molar-refractivity contribution in [2.45, 2.75) is 78.0 Å². The average Bonchev–Trinajstić information content (AvgIpc) is 3.26. The number of rotatable bonds is 7. The fourth-order valence-corrected chi connectivity index (χ4v) is 5.70. The van der Waals surface area contributed by atoms with Crippen LogP contribution in [0.1, 0.15) is 68.5 Å². The Balaban J connectivity index is 1.46. The summed E-state index contributed by atoms with van der Waals surface area (Å²) in [5.41, 5.74) is 5.51. The Morgan fingerprint density at radius 3 is 2.47 bits per heavy atom. The highest BCUT2D eigenvalue weighted by molar-refractivity contribution is 5.79. The van der Waals surface area contributed by atoms with Crippen LogP contribution in [-0.4, -0.2) is 38.1 Å². The summed E-state index contributed by atoms with van der Waals surface area (Å²) < 4.78 is 15.6. The zero-order valence-electron chi connectivity index (χ0n) is 21.5. The fourth-order valence-electron chi connectivity index (χ4n) is 5.70. The Morgan fingerprint density at radius 1 is 1.06 bits per heavy atom. The van der Waals surface area contributed by atoms with Gasteiger partial charge in [0.1, 0.15) is 5.82 Å². The van der Waals surface area contributed by atoms with Crippen LogP contribution in [0, 0.1) is 11.7 Å². The predicted molar refractivity (Wildman–Crippen MR) is 140 cm³/mol. The minimum absolute atomic E-state index is 0.107. The van der Waals surface area contributed by atoms with Crippen LogP contribution in [0.25, 0.3) is 5.69 Å². The number of carbonyl (C=O) groups is 1. The molecule has 1 aliphatic carbocycles. The molecule has 2 aliphatic rings. The van der Waals surface area contributed by atoms with Crippen molar-refractivity contribution < 1.29 is 9.18 Å². The van der Waals surface area contributed by atoms with E-state index in [9.17, 15) is 9.18 Å². The lowest BCUT2D eigenvalue weighted by Crippen LogP contribution is -2.41. The highest BCUT2D eigenvalue weighted by Gasteiger charge is 2.31. The Morgan fingerprint density at radius 2 is 1.78 bits per heavy atom. The molecule has 190 valence electrons. The molecule has 36 heavy (non-hydrogen) atoms. The third kappa shape index (κ3) is 5.39. The van der Waals surface area contributed by atoms with Crippen LogP contribution >= 0.6 is 0 Å². The van der Waals surface area contributed by atoms with Crippen molar-refractivity contribution >= 4 is 5.91 Å². The maximum atomic E-state index is 13.7. The lowest BCUT2D eigenvalue weighted by atomic mass is 9.88. The smallest absolute Gasteiger partial charge is 0.226 e. The van der Waals surface area contributed by atoms with E-state index in [1.54, 1.807) is 12.1 Å². The molecule has 0 atom stereocenters. The second-order valence-corrected chi connectivity index (χ2v) is 10.6. The Kier molecular flexibility index (Phi) is 7.51. The number of hydrogen-bond donors (Lipinski definition) is 0. The van der Waals surface area contributed by atoms with Crippen molar-refractivity contribution in [2.75, 3.05) is 6.54 Å². The molecule has 2 aromatic carbocycles. The molecule has 0 unspecified atom stereocenters. The Bertz CT molecular complexity index is 1170. The van der Waals surface area contributed by atoms with Gasteiger partial charge in [-0.3, -0.25) is 9.69 Å². The quantitative estimate of drug-likeness (QED) is 0.417.